The second-order valence-electron chi connectivity index (χ2n) is 4.42. The minimum Gasteiger partial charge on any atom is -0.397 e. The maximum Gasteiger partial charge on any atom is 0.293 e. The average molecular weight is 307 g/mol. The number of nitrogens with two attached hydrogens (primary N) is 1. The Morgan fingerprint density at radius 2 is 1.81 bits per heavy atom. The number of nitrogen functional groups attached to an aromatic ring is 1. The van der Waals surface area contributed by atoms with Gasteiger partial charge in [-0.05, 0) is 24.3 Å². The normalized spacial score (nSPS) is 11.1. The zero-order valence-corrected chi connectivity index (χ0v) is 11.9. The van der Waals surface area contributed by atoms with Crippen molar-refractivity contribution in [3.05, 3.63) is 52.6 Å². The number of hydrogen-bond donors (Lipinski definition) is 2. The molecule has 8 heteroatoms. The molecular formula is C13H13N3O4S. The lowest BCUT2D eigenvalue weighted by Gasteiger charge is -2.10. The highest BCUT2D eigenvalue weighted by atomic mass is 32.2. The Morgan fingerprint density at radius 3 is 2.38 bits per heavy atom. The lowest BCUT2D eigenvalue weighted by atomic mass is 10.2. The van der Waals surface area contributed by atoms with Crippen molar-refractivity contribution in [2.45, 2.75) is 4.90 Å². The lowest BCUT2D eigenvalue weighted by molar-refractivity contribution is -0.384. The van der Waals surface area contributed by atoms with E-state index in [9.17, 15) is 18.5 Å². The van der Waals surface area contributed by atoms with E-state index >= 15 is 0 Å². The summed E-state index contributed by atoms with van der Waals surface area (Å²) >= 11 is 0. The topological polar surface area (TPSA) is 115 Å². The number of hydrogen-bond acceptors (Lipinski definition) is 6. The Bertz CT molecular complexity index is 803. The van der Waals surface area contributed by atoms with Crippen LogP contribution in [0.3, 0.4) is 0 Å². The molecule has 0 spiro atoms. The molecule has 110 valence electrons. The molecule has 2 aromatic carbocycles. The third kappa shape index (κ3) is 3.29. The van der Waals surface area contributed by atoms with E-state index in [2.05, 4.69) is 5.32 Å². The van der Waals surface area contributed by atoms with Crippen molar-refractivity contribution in [1.29, 1.82) is 0 Å². The zero-order valence-electron chi connectivity index (χ0n) is 11.1. The number of nitro benzene ring substituents is 1. The quantitative estimate of drug-likeness (QED) is 0.509. The number of sulfone groups is 1. The highest BCUT2D eigenvalue weighted by Crippen LogP contribution is 2.31. The van der Waals surface area contributed by atoms with E-state index in [-0.39, 0.29) is 16.3 Å². The first kappa shape index (κ1) is 14.8. The molecule has 0 amide bonds. The van der Waals surface area contributed by atoms with Gasteiger partial charge in [0.25, 0.3) is 5.69 Å². The SMILES string of the molecule is CS(=O)(=O)c1ccc(Nc2ccccc2N)c([N+](=O)[O-])c1. The molecule has 0 radical (unpaired) electrons. The summed E-state index contributed by atoms with van der Waals surface area (Å²) in [6.07, 6.45) is 0.994. The van der Waals surface area contributed by atoms with Crippen molar-refractivity contribution in [3.63, 3.8) is 0 Å². The van der Waals surface area contributed by atoms with Gasteiger partial charge in [-0.25, -0.2) is 8.42 Å². The molecule has 0 bridgehead atoms. The summed E-state index contributed by atoms with van der Waals surface area (Å²) in [6.45, 7) is 0. The Morgan fingerprint density at radius 1 is 1.14 bits per heavy atom. The first-order valence-corrected chi connectivity index (χ1v) is 7.78. The Kier molecular flexibility index (Phi) is 3.81. The Labute approximate surface area is 121 Å². The van der Waals surface area contributed by atoms with Crippen LogP contribution in [0.5, 0.6) is 0 Å². The fourth-order valence-corrected chi connectivity index (χ4v) is 2.40. The summed E-state index contributed by atoms with van der Waals surface area (Å²) in [6, 6.07) is 10.5. The van der Waals surface area contributed by atoms with E-state index in [1.165, 1.54) is 12.1 Å². The highest BCUT2D eigenvalue weighted by molar-refractivity contribution is 7.90. The van der Waals surface area contributed by atoms with Crippen molar-refractivity contribution in [2.75, 3.05) is 17.3 Å². The Hall–Kier alpha value is -2.61. The zero-order chi connectivity index (χ0) is 15.6. The predicted octanol–water partition coefficient (Wildman–Crippen LogP) is 2.32. The van der Waals surface area contributed by atoms with Crippen LogP contribution in [-0.2, 0) is 9.84 Å². The molecule has 2 rings (SSSR count). The van der Waals surface area contributed by atoms with Gasteiger partial charge in [0, 0.05) is 12.3 Å². The third-order valence-corrected chi connectivity index (χ3v) is 3.93. The number of para-hydroxylation sites is 2. The predicted molar refractivity (Wildman–Crippen MR) is 80.3 cm³/mol. The first-order valence-electron chi connectivity index (χ1n) is 5.89. The van der Waals surface area contributed by atoms with Gasteiger partial charge in [0.15, 0.2) is 9.84 Å². The van der Waals surface area contributed by atoms with Crippen LogP contribution in [0.1, 0.15) is 0 Å². The van der Waals surface area contributed by atoms with Crippen LogP contribution in [0.15, 0.2) is 47.4 Å². The standard InChI is InChI=1S/C13H13N3O4S/c1-21(19,20)9-6-7-12(13(8-9)16(17)18)15-11-5-3-2-4-10(11)14/h2-8,15H,14H2,1H3. The summed E-state index contributed by atoms with van der Waals surface area (Å²) in [5, 5.41) is 14.0. The average Bonchev–Trinajstić information content (AvgIpc) is 2.40. The molecule has 0 aliphatic carbocycles. The van der Waals surface area contributed by atoms with Gasteiger partial charge in [0.1, 0.15) is 5.69 Å². The molecule has 0 atom stereocenters. The van der Waals surface area contributed by atoms with Crippen molar-refractivity contribution in [3.8, 4) is 0 Å². The molecule has 0 saturated heterocycles. The lowest BCUT2D eigenvalue weighted by Crippen LogP contribution is -2.03. The van der Waals surface area contributed by atoms with E-state index < -0.39 is 14.8 Å². The molecule has 0 unspecified atom stereocenters. The van der Waals surface area contributed by atoms with Crippen molar-refractivity contribution in [2.24, 2.45) is 0 Å². The van der Waals surface area contributed by atoms with Crippen LogP contribution >= 0.6 is 0 Å². The number of nitro groups is 1. The molecule has 0 fully saturated rings. The van der Waals surface area contributed by atoms with E-state index in [0.29, 0.717) is 11.4 Å². The van der Waals surface area contributed by atoms with Crippen LogP contribution in [0.2, 0.25) is 0 Å². The summed E-state index contributed by atoms with van der Waals surface area (Å²) in [5.41, 5.74) is 6.54. The van der Waals surface area contributed by atoms with Gasteiger partial charge in [0.2, 0.25) is 0 Å². The second-order valence-corrected chi connectivity index (χ2v) is 6.44. The van der Waals surface area contributed by atoms with Crippen molar-refractivity contribution < 1.29 is 13.3 Å². The van der Waals surface area contributed by atoms with Crippen LogP contribution in [0.25, 0.3) is 0 Å². The number of anilines is 3. The van der Waals surface area contributed by atoms with Crippen molar-refractivity contribution >= 4 is 32.6 Å². The summed E-state index contributed by atoms with van der Waals surface area (Å²) < 4.78 is 22.9. The van der Waals surface area contributed by atoms with Gasteiger partial charge in [-0.2, -0.15) is 0 Å². The molecule has 3 N–H and O–H groups in total. The fraction of sp³-hybridized carbons (Fsp3) is 0.0769. The monoisotopic (exact) mass is 307 g/mol. The summed E-state index contributed by atoms with van der Waals surface area (Å²) in [4.78, 5) is 10.4. The number of nitrogens with one attached hydrogen (secondary N) is 1. The van der Waals surface area contributed by atoms with Gasteiger partial charge < -0.3 is 11.1 Å². The number of nitrogens with zero attached hydrogens (tertiary/aromatic N) is 1. The van der Waals surface area contributed by atoms with Crippen LogP contribution < -0.4 is 11.1 Å². The molecular weight excluding hydrogens is 294 g/mol. The van der Waals surface area contributed by atoms with E-state index in [4.69, 9.17) is 5.73 Å². The maximum absolute atomic E-state index is 11.5. The molecule has 7 nitrogen and oxygen atoms in total. The summed E-state index contributed by atoms with van der Waals surface area (Å²) in [5.74, 6) is 0. The van der Waals surface area contributed by atoms with Gasteiger partial charge in [-0.1, -0.05) is 12.1 Å². The minimum atomic E-state index is -3.51. The number of benzene rings is 2. The molecule has 0 aliphatic rings. The minimum absolute atomic E-state index is 0.110. The van der Waals surface area contributed by atoms with Crippen LogP contribution in [-0.4, -0.2) is 19.6 Å². The molecule has 0 saturated carbocycles. The van der Waals surface area contributed by atoms with Crippen molar-refractivity contribution in [1.82, 2.24) is 0 Å². The molecule has 2 aromatic rings. The van der Waals surface area contributed by atoms with Gasteiger partial charge in [-0.15, -0.1) is 0 Å². The fourth-order valence-electron chi connectivity index (χ4n) is 1.75. The van der Waals surface area contributed by atoms with E-state index in [1.807, 2.05) is 0 Å². The second kappa shape index (κ2) is 5.41. The third-order valence-electron chi connectivity index (χ3n) is 2.82. The molecule has 0 aliphatic heterocycles. The highest BCUT2D eigenvalue weighted by Gasteiger charge is 2.19. The maximum atomic E-state index is 11.5. The van der Waals surface area contributed by atoms with Gasteiger partial charge >= 0.3 is 0 Å². The van der Waals surface area contributed by atoms with E-state index in [1.54, 1.807) is 24.3 Å². The van der Waals surface area contributed by atoms with Gasteiger partial charge in [-0.3, -0.25) is 10.1 Å². The molecule has 0 heterocycles. The number of rotatable bonds is 4. The smallest absolute Gasteiger partial charge is 0.293 e. The first-order chi connectivity index (χ1) is 9.79. The molecule has 0 aromatic heterocycles. The van der Waals surface area contributed by atoms with Gasteiger partial charge in [0.05, 0.1) is 21.2 Å². The summed E-state index contributed by atoms with van der Waals surface area (Å²) in [7, 11) is -3.51. The molecule has 21 heavy (non-hydrogen) atoms. The van der Waals surface area contributed by atoms with Crippen LogP contribution in [0, 0.1) is 10.1 Å². The Balaban J connectivity index is 2.50. The van der Waals surface area contributed by atoms with E-state index in [0.717, 1.165) is 12.3 Å². The van der Waals surface area contributed by atoms with Crippen LogP contribution in [0.4, 0.5) is 22.7 Å². The largest absolute Gasteiger partial charge is 0.397 e.